The van der Waals surface area contributed by atoms with E-state index >= 15 is 0 Å². The molecule has 0 bridgehead atoms. The molecule has 0 aromatic heterocycles. The van der Waals surface area contributed by atoms with Gasteiger partial charge in [0.25, 0.3) is 0 Å². The lowest BCUT2D eigenvalue weighted by atomic mass is 9.72. The first-order valence-corrected chi connectivity index (χ1v) is 9.11. The van der Waals surface area contributed by atoms with Crippen LogP contribution in [-0.4, -0.2) is 5.97 Å². The first-order valence-electron chi connectivity index (χ1n) is 9.11. The van der Waals surface area contributed by atoms with E-state index in [9.17, 15) is 4.79 Å². The molecule has 2 heteroatoms. The average Bonchev–Trinajstić information content (AvgIpc) is 2.45. The summed E-state index contributed by atoms with van der Waals surface area (Å²) in [4.78, 5) is 10.7. The van der Waals surface area contributed by atoms with Crippen molar-refractivity contribution in [3.8, 4) is 0 Å². The maximum atomic E-state index is 10.7. The summed E-state index contributed by atoms with van der Waals surface area (Å²) in [5, 5.41) is 0. The maximum Gasteiger partial charge on any atom is 0.307 e. The number of hydrogen-bond acceptors (Lipinski definition) is 2. The summed E-state index contributed by atoms with van der Waals surface area (Å²) in [6.07, 6.45) is 16.2. The van der Waals surface area contributed by atoms with Crippen molar-refractivity contribution in [1.82, 2.24) is 0 Å². The van der Waals surface area contributed by atoms with Crippen molar-refractivity contribution in [1.29, 1.82) is 0 Å². The van der Waals surface area contributed by atoms with Gasteiger partial charge < -0.3 is 4.74 Å². The SMILES string of the molecule is CC(=O)O/C=C/C(C)CC/C=C(C)/C=C/C1=C(C)CCCC1(C)C. The Hall–Kier alpha value is -1.57. The normalized spacial score (nSPS) is 20.0. The number of carbonyl (C=O) groups is 1. The van der Waals surface area contributed by atoms with Gasteiger partial charge in [-0.25, -0.2) is 0 Å². The van der Waals surface area contributed by atoms with E-state index in [0.717, 1.165) is 12.8 Å². The first kappa shape index (κ1) is 20.5. The van der Waals surface area contributed by atoms with Crippen molar-refractivity contribution in [2.45, 2.75) is 73.6 Å². The van der Waals surface area contributed by atoms with Gasteiger partial charge in [-0.15, -0.1) is 0 Å². The molecule has 1 unspecified atom stereocenters. The van der Waals surface area contributed by atoms with E-state index in [-0.39, 0.29) is 5.97 Å². The van der Waals surface area contributed by atoms with Gasteiger partial charge in [-0.3, -0.25) is 4.79 Å². The van der Waals surface area contributed by atoms with Crippen molar-refractivity contribution in [3.63, 3.8) is 0 Å². The van der Waals surface area contributed by atoms with Crippen LogP contribution in [0.2, 0.25) is 0 Å². The van der Waals surface area contributed by atoms with Crippen molar-refractivity contribution < 1.29 is 9.53 Å². The molecule has 0 spiro atoms. The van der Waals surface area contributed by atoms with E-state index in [0.29, 0.717) is 11.3 Å². The monoisotopic (exact) mass is 330 g/mol. The third kappa shape index (κ3) is 7.33. The molecule has 24 heavy (non-hydrogen) atoms. The second-order valence-corrected chi connectivity index (χ2v) is 7.71. The largest absolute Gasteiger partial charge is 0.435 e. The van der Waals surface area contributed by atoms with Crippen LogP contribution in [0.15, 0.2) is 47.3 Å². The van der Waals surface area contributed by atoms with Crippen molar-refractivity contribution >= 4 is 5.97 Å². The zero-order valence-corrected chi connectivity index (χ0v) is 16.3. The van der Waals surface area contributed by atoms with E-state index < -0.39 is 0 Å². The second-order valence-electron chi connectivity index (χ2n) is 7.71. The summed E-state index contributed by atoms with van der Waals surface area (Å²) in [6, 6.07) is 0. The topological polar surface area (TPSA) is 26.3 Å². The van der Waals surface area contributed by atoms with Gasteiger partial charge in [0.2, 0.25) is 0 Å². The molecule has 1 aliphatic carbocycles. The average molecular weight is 331 g/mol. The summed E-state index contributed by atoms with van der Waals surface area (Å²) >= 11 is 0. The summed E-state index contributed by atoms with van der Waals surface area (Å²) in [7, 11) is 0. The molecule has 1 aliphatic rings. The van der Waals surface area contributed by atoms with Gasteiger partial charge in [-0.1, -0.05) is 50.1 Å². The molecule has 1 rings (SSSR count). The molecule has 0 radical (unpaired) electrons. The highest BCUT2D eigenvalue weighted by Crippen LogP contribution is 2.40. The zero-order chi connectivity index (χ0) is 18.2. The predicted octanol–water partition coefficient (Wildman–Crippen LogP) is 6.51. The Morgan fingerprint density at radius 3 is 2.67 bits per heavy atom. The van der Waals surface area contributed by atoms with E-state index in [4.69, 9.17) is 4.74 Å². The van der Waals surface area contributed by atoms with E-state index in [2.05, 4.69) is 52.8 Å². The van der Waals surface area contributed by atoms with Gasteiger partial charge in [0.1, 0.15) is 0 Å². The lowest BCUT2D eigenvalue weighted by Gasteiger charge is -2.32. The summed E-state index contributed by atoms with van der Waals surface area (Å²) in [5.41, 5.74) is 4.67. The molecule has 2 nitrogen and oxygen atoms in total. The Bertz CT molecular complexity index is 544. The van der Waals surface area contributed by atoms with Gasteiger partial charge >= 0.3 is 5.97 Å². The van der Waals surface area contributed by atoms with Gasteiger partial charge in [-0.2, -0.15) is 0 Å². The van der Waals surface area contributed by atoms with Gasteiger partial charge in [-0.05, 0) is 68.9 Å². The van der Waals surface area contributed by atoms with Crippen LogP contribution < -0.4 is 0 Å². The molecule has 0 heterocycles. The fourth-order valence-electron chi connectivity index (χ4n) is 3.23. The van der Waals surface area contributed by atoms with Crippen LogP contribution in [0.1, 0.15) is 73.6 Å². The van der Waals surface area contributed by atoms with Crippen LogP contribution in [0.3, 0.4) is 0 Å². The molecule has 0 aromatic carbocycles. The highest BCUT2D eigenvalue weighted by Gasteiger charge is 2.26. The van der Waals surface area contributed by atoms with Crippen molar-refractivity contribution in [2.75, 3.05) is 0 Å². The van der Waals surface area contributed by atoms with Crippen LogP contribution in [0, 0.1) is 11.3 Å². The fraction of sp³-hybridized carbons (Fsp3) is 0.591. The number of allylic oxidation sites excluding steroid dienone is 7. The highest BCUT2D eigenvalue weighted by atomic mass is 16.5. The molecular weight excluding hydrogens is 296 g/mol. The number of hydrogen-bond donors (Lipinski definition) is 0. The summed E-state index contributed by atoms with van der Waals surface area (Å²) < 4.78 is 4.82. The molecule has 0 saturated carbocycles. The van der Waals surface area contributed by atoms with Crippen LogP contribution in [0.5, 0.6) is 0 Å². The lowest BCUT2D eigenvalue weighted by Crippen LogP contribution is -2.19. The molecule has 0 amide bonds. The molecular formula is C22H34O2. The van der Waals surface area contributed by atoms with E-state index in [1.807, 2.05) is 6.08 Å². The van der Waals surface area contributed by atoms with Gasteiger partial charge in [0, 0.05) is 6.92 Å². The van der Waals surface area contributed by atoms with Crippen LogP contribution >= 0.6 is 0 Å². The quantitative estimate of drug-likeness (QED) is 0.302. The molecule has 1 atom stereocenters. The Labute approximate surface area is 148 Å². The Morgan fingerprint density at radius 2 is 2.04 bits per heavy atom. The molecule has 0 saturated heterocycles. The van der Waals surface area contributed by atoms with Crippen molar-refractivity contribution in [3.05, 3.63) is 47.3 Å². The minimum absolute atomic E-state index is 0.269. The summed E-state index contributed by atoms with van der Waals surface area (Å²) in [5.74, 6) is 0.133. The molecule has 0 fully saturated rings. The van der Waals surface area contributed by atoms with Gasteiger partial charge in [0.05, 0.1) is 6.26 Å². The highest BCUT2D eigenvalue weighted by molar-refractivity contribution is 5.66. The molecule has 134 valence electrons. The number of carbonyl (C=O) groups excluding carboxylic acids is 1. The fourth-order valence-corrected chi connectivity index (χ4v) is 3.23. The standard InChI is InChI=1S/C22H34O2/c1-17(9-7-10-18(2)14-16-24-20(4)23)12-13-21-19(3)11-8-15-22(21,5)6/h9,12-14,16,18H,7-8,10-11,15H2,1-6H3/b13-12+,16-14+,17-9+. The van der Waals surface area contributed by atoms with Gasteiger partial charge in [0.15, 0.2) is 0 Å². The Kier molecular flexibility index (Phi) is 8.24. The lowest BCUT2D eigenvalue weighted by molar-refractivity contribution is -0.135. The summed E-state index contributed by atoms with van der Waals surface area (Å²) in [6.45, 7) is 12.7. The third-order valence-corrected chi connectivity index (χ3v) is 4.78. The van der Waals surface area contributed by atoms with Crippen molar-refractivity contribution in [2.24, 2.45) is 11.3 Å². The maximum absolute atomic E-state index is 10.7. The van der Waals surface area contributed by atoms with Crippen LogP contribution in [-0.2, 0) is 9.53 Å². The smallest absolute Gasteiger partial charge is 0.307 e. The molecule has 0 aromatic rings. The minimum Gasteiger partial charge on any atom is -0.435 e. The number of rotatable bonds is 7. The second kappa shape index (κ2) is 9.66. The predicted molar refractivity (Wildman–Crippen MR) is 103 cm³/mol. The number of esters is 1. The van der Waals surface area contributed by atoms with E-state index in [1.165, 1.54) is 43.6 Å². The Morgan fingerprint density at radius 1 is 1.33 bits per heavy atom. The molecule has 0 N–H and O–H groups in total. The van der Waals surface area contributed by atoms with E-state index in [1.54, 1.807) is 5.57 Å². The first-order chi connectivity index (χ1) is 11.2. The minimum atomic E-state index is -0.269. The van der Waals surface area contributed by atoms with Crippen LogP contribution in [0.4, 0.5) is 0 Å². The third-order valence-electron chi connectivity index (χ3n) is 4.78. The zero-order valence-electron chi connectivity index (χ0n) is 16.3. The number of ether oxygens (including phenoxy) is 1. The van der Waals surface area contributed by atoms with Crippen LogP contribution in [0.25, 0.3) is 0 Å². The molecule has 0 aliphatic heterocycles. The Balaban J connectivity index is 2.52.